The van der Waals surface area contributed by atoms with Crippen molar-refractivity contribution in [3.63, 3.8) is 0 Å². The van der Waals surface area contributed by atoms with E-state index < -0.39 is 14.6 Å². The Bertz CT molecular complexity index is 757. The third kappa shape index (κ3) is 4.31. The predicted octanol–water partition coefficient (Wildman–Crippen LogP) is 4.58. The monoisotopic (exact) mass is 370 g/mol. The molecule has 2 aromatic heterocycles. The van der Waals surface area contributed by atoms with E-state index in [1.807, 2.05) is 6.07 Å². The second kappa shape index (κ2) is 7.28. The zero-order chi connectivity index (χ0) is 17.1. The standard InChI is InChI=1S/C17H22O3S3/c1-13(18)17(2,23(3,19)20)11-5-4-7-14-9-10-16(22-14)15-8-6-12-21-15/h6,8-10,12H,4-5,7,11H2,1-3H3. The number of ketones is 1. The molecular weight excluding hydrogens is 348 g/mol. The Morgan fingerprint density at radius 1 is 1.17 bits per heavy atom. The van der Waals surface area contributed by atoms with E-state index in [2.05, 4.69) is 23.6 Å². The summed E-state index contributed by atoms with van der Waals surface area (Å²) >= 11 is 3.52. The molecule has 126 valence electrons. The fourth-order valence-electron chi connectivity index (χ4n) is 2.45. The average molecular weight is 371 g/mol. The first kappa shape index (κ1) is 18.4. The number of carbonyl (C=O) groups is 1. The molecule has 6 heteroatoms. The van der Waals surface area contributed by atoms with Gasteiger partial charge in [-0.25, -0.2) is 8.42 Å². The first-order valence-electron chi connectivity index (χ1n) is 7.57. The Morgan fingerprint density at radius 2 is 1.91 bits per heavy atom. The molecule has 23 heavy (non-hydrogen) atoms. The van der Waals surface area contributed by atoms with Gasteiger partial charge in [0.15, 0.2) is 15.6 Å². The highest BCUT2D eigenvalue weighted by atomic mass is 32.2. The van der Waals surface area contributed by atoms with Gasteiger partial charge in [0.1, 0.15) is 4.75 Å². The van der Waals surface area contributed by atoms with Crippen LogP contribution in [-0.4, -0.2) is 25.2 Å². The summed E-state index contributed by atoms with van der Waals surface area (Å²) in [6, 6.07) is 8.44. The fourth-order valence-corrected chi connectivity index (χ4v) is 5.37. The van der Waals surface area contributed by atoms with E-state index in [0.717, 1.165) is 25.5 Å². The predicted molar refractivity (Wildman–Crippen MR) is 99.1 cm³/mol. The van der Waals surface area contributed by atoms with E-state index in [-0.39, 0.29) is 5.78 Å². The molecule has 2 heterocycles. The smallest absolute Gasteiger partial charge is 0.159 e. The molecule has 0 radical (unpaired) electrons. The molecule has 0 saturated heterocycles. The Kier molecular flexibility index (Phi) is 5.81. The van der Waals surface area contributed by atoms with Crippen LogP contribution in [0.25, 0.3) is 9.75 Å². The van der Waals surface area contributed by atoms with Crippen LogP contribution in [0.15, 0.2) is 29.6 Å². The molecule has 0 saturated carbocycles. The number of aryl methyl sites for hydroxylation is 1. The minimum atomic E-state index is -3.38. The zero-order valence-corrected chi connectivity index (χ0v) is 16.1. The summed E-state index contributed by atoms with van der Waals surface area (Å²) in [5, 5.41) is 2.07. The molecule has 1 unspecified atom stereocenters. The van der Waals surface area contributed by atoms with Crippen molar-refractivity contribution in [1.29, 1.82) is 0 Å². The van der Waals surface area contributed by atoms with Crippen LogP contribution in [-0.2, 0) is 21.1 Å². The van der Waals surface area contributed by atoms with Gasteiger partial charge >= 0.3 is 0 Å². The van der Waals surface area contributed by atoms with Crippen LogP contribution in [0.3, 0.4) is 0 Å². The number of hydrogen-bond donors (Lipinski definition) is 0. The van der Waals surface area contributed by atoms with Gasteiger partial charge in [0, 0.05) is 20.9 Å². The maximum absolute atomic E-state index is 11.9. The van der Waals surface area contributed by atoms with Gasteiger partial charge in [0.2, 0.25) is 0 Å². The topological polar surface area (TPSA) is 51.2 Å². The minimum absolute atomic E-state index is 0.267. The van der Waals surface area contributed by atoms with Gasteiger partial charge in [0.25, 0.3) is 0 Å². The lowest BCUT2D eigenvalue weighted by atomic mass is 9.98. The van der Waals surface area contributed by atoms with Gasteiger partial charge in [-0.3, -0.25) is 4.79 Å². The second-order valence-electron chi connectivity index (χ2n) is 6.01. The van der Waals surface area contributed by atoms with E-state index in [1.165, 1.54) is 21.6 Å². The summed E-state index contributed by atoms with van der Waals surface area (Å²) in [6.07, 6.45) is 4.09. The summed E-state index contributed by atoms with van der Waals surface area (Å²) < 4.78 is 22.5. The van der Waals surface area contributed by atoms with Crippen molar-refractivity contribution in [3.8, 4) is 9.75 Å². The molecule has 0 bridgehead atoms. The molecule has 2 rings (SSSR count). The lowest BCUT2D eigenvalue weighted by Crippen LogP contribution is -2.41. The highest BCUT2D eigenvalue weighted by molar-refractivity contribution is 7.92. The summed E-state index contributed by atoms with van der Waals surface area (Å²) in [6.45, 7) is 2.92. The van der Waals surface area contributed by atoms with E-state index >= 15 is 0 Å². The van der Waals surface area contributed by atoms with E-state index in [9.17, 15) is 13.2 Å². The quantitative estimate of drug-likeness (QED) is 0.639. The highest BCUT2D eigenvalue weighted by Gasteiger charge is 2.39. The van der Waals surface area contributed by atoms with Gasteiger partial charge in [-0.15, -0.1) is 22.7 Å². The van der Waals surface area contributed by atoms with E-state index in [4.69, 9.17) is 0 Å². The SMILES string of the molecule is CC(=O)C(C)(CCCCc1ccc(-c2cccs2)s1)S(C)(=O)=O. The second-order valence-corrected chi connectivity index (χ2v) is 10.6. The summed E-state index contributed by atoms with van der Waals surface area (Å²) in [5.74, 6) is -0.267. The van der Waals surface area contributed by atoms with Crippen molar-refractivity contribution in [2.24, 2.45) is 0 Å². The first-order chi connectivity index (χ1) is 10.7. The van der Waals surface area contributed by atoms with Crippen molar-refractivity contribution in [3.05, 3.63) is 34.5 Å². The summed E-state index contributed by atoms with van der Waals surface area (Å²) in [4.78, 5) is 15.6. The number of Topliss-reactive ketones (excluding diaryl/α,β-unsaturated/α-hetero) is 1. The Hall–Kier alpha value is -0.980. The van der Waals surface area contributed by atoms with Crippen LogP contribution in [0.1, 0.15) is 38.0 Å². The van der Waals surface area contributed by atoms with Crippen molar-refractivity contribution < 1.29 is 13.2 Å². The van der Waals surface area contributed by atoms with E-state index in [1.54, 1.807) is 29.6 Å². The zero-order valence-electron chi connectivity index (χ0n) is 13.7. The molecule has 0 N–H and O–H groups in total. The van der Waals surface area contributed by atoms with Crippen LogP contribution in [0, 0.1) is 0 Å². The van der Waals surface area contributed by atoms with Gasteiger partial charge in [-0.1, -0.05) is 12.5 Å². The van der Waals surface area contributed by atoms with Crippen LogP contribution in [0.4, 0.5) is 0 Å². The lowest BCUT2D eigenvalue weighted by Gasteiger charge is -2.24. The van der Waals surface area contributed by atoms with Gasteiger partial charge in [0.05, 0.1) is 0 Å². The number of sulfone groups is 1. The van der Waals surface area contributed by atoms with Crippen LogP contribution >= 0.6 is 22.7 Å². The molecule has 0 aliphatic rings. The Morgan fingerprint density at radius 3 is 2.48 bits per heavy atom. The minimum Gasteiger partial charge on any atom is -0.298 e. The van der Waals surface area contributed by atoms with Gasteiger partial charge in [-0.2, -0.15) is 0 Å². The fraction of sp³-hybridized carbons (Fsp3) is 0.471. The Balaban J connectivity index is 1.89. The molecule has 0 amide bonds. The molecule has 2 aromatic rings. The third-order valence-electron chi connectivity index (χ3n) is 4.32. The molecule has 0 aliphatic heterocycles. The number of rotatable bonds is 8. The molecule has 1 atom stereocenters. The van der Waals surface area contributed by atoms with Crippen molar-refractivity contribution in [1.82, 2.24) is 0 Å². The number of thiophene rings is 2. The Labute approximate surface area is 146 Å². The third-order valence-corrected chi connectivity index (χ3v) is 8.65. The molecule has 3 nitrogen and oxygen atoms in total. The van der Waals surface area contributed by atoms with Gasteiger partial charge in [-0.05, 0) is 56.7 Å². The first-order valence-corrected chi connectivity index (χ1v) is 11.2. The summed E-state index contributed by atoms with van der Waals surface area (Å²) in [5.41, 5.74) is 0. The molecule has 0 aromatic carbocycles. The van der Waals surface area contributed by atoms with Crippen LogP contribution in [0.5, 0.6) is 0 Å². The number of hydrogen-bond acceptors (Lipinski definition) is 5. The molecule has 0 spiro atoms. The van der Waals surface area contributed by atoms with Crippen LogP contribution in [0.2, 0.25) is 0 Å². The lowest BCUT2D eigenvalue weighted by molar-refractivity contribution is -0.119. The van der Waals surface area contributed by atoms with E-state index in [0.29, 0.717) is 6.42 Å². The number of unbranched alkanes of at least 4 members (excludes halogenated alkanes) is 1. The van der Waals surface area contributed by atoms with Crippen LogP contribution < -0.4 is 0 Å². The summed E-state index contributed by atoms with van der Waals surface area (Å²) in [7, 11) is -3.38. The average Bonchev–Trinajstić information content (AvgIpc) is 3.12. The van der Waals surface area contributed by atoms with Crippen molar-refractivity contribution >= 4 is 38.3 Å². The van der Waals surface area contributed by atoms with Crippen molar-refractivity contribution in [2.45, 2.75) is 44.3 Å². The van der Waals surface area contributed by atoms with Gasteiger partial charge < -0.3 is 0 Å². The molecule has 0 fully saturated rings. The number of carbonyl (C=O) groups excluding carboxylic acids is 1. The largest absolute Gasteiger partial charge is 0.298 e. The maximum atomic E-state index is 11.9. The van der Waals surface area contributed by atoms with Crippen molar-refractivity contribution in [2.75, 3.05) is 6.26 Å². The maximum Gasteiger partial charge on any atom is 0.159 e. The highest BCUT2D eigenvalue weighted by Crippen LogP contribution is 2.32. The normalized spacial score (nSPS) is 14.6. The molecular formula is C17H22O3S3. The molecule has 0 aliphatic carbocycles.